The number of carbonyl (C=O) groups excluding carboxylic acids is 1. The highest BCUT2D eigenvalue weighted by Gasteiger charge is 2.26. The second-order valence-electron chi connectivity index (χ2n) is 4.04. The summed E-state index contributed by atoms with van der Waals surface area (Å²) < 4.78 is 5.21. The molecule has 74 valence electrons. The Kier molecular flexibility index (Phi) is 3.26. The van der Waals surface area contributed by atoms with Gasteiger partial charge < -0.3 is 4.74 Å². The molecule has 1 atom stereocenters. The quantitative estimate of drug-likeness (QED) is 0.655. The van der Waals surface area contributed by atoms with Crippen LogP contribution in [0.25, 0.3) is 0 Å². The van der Waals surface area contributed by atoms with Gasteiger partial charge in [-0.2, -0.15) is 0 Å². The highest BCUT2D eigenvalue weighted by molar-refractivity contribution is 5.97. The molecule has 1 aliphatic rings. The first kappa shape index (κ1) is 10.5. The normalized spacial score (nSPS) is 24.4. The van der Waals surface area contributed by atoms with Crippen molar-refractivity contribution in [3.63, 3.8) is 0 Å². The molecular weight excluding hydrogens is 164 g/mol. The van der Waals surface area contributed by atoms with Gasteiger partial charge in [-0.1, -0.05) is 19.4 Å². The van der Waals surface area contributed by atoms with Crippen molar-refractivity contribution in [2.45, 2.75) is 39.7 Å². The molecule has 13 heavy (non-hydrogen) atoms. The Morgan fingerprint density at radius 3 is 2.38 bits per heavy atom. The van der Waals surface area contributed by atoms with E-state index in [2.05, 4.69) is 13.8 Å². The predicted octanol–water partition coefficient (Wildman–Crippen LogP) is 2.34. The second kappa shape index (κ2) is 4.05. The lowest BCUT2D eigenvalue weighted by Gasteiger charge is -2.25. The number of ether oxygens (including phenoxy) is 1. The van der Waals surface area contributed by atoms with E-state index in [1.165, 1.54) is 5.57 Å². The van der Waals surface area contributed by atoms with Gasteiger partial charge in [-0.05, 0) is 24.8 Å². The van der Waals surface area contributed by atoms with Gasteiger partial charge in [-0.15, -0.1) is 0 Å². The average molecular weight is 182 g/mol. The molecule has 1 unspecified atom stereocenters. The van der Waals surface area contributed by atoms with Gasteiger partial charge in [0.2, 0.25) is 0 Å². The van der Waals surface area contributed by atoms with E-state index in [9.17, 15) is 4.79 Å². The number of allylic oxidation sites excluding steroid dienone is 1. The molecule has 0 N–H and O–H groups in total. The van der Waals surface area contributed by atoms with Crippen LogP contribution in [0.15, 0.2) is 11.1 Å². The highest BCUT2D eigenvalue weighted by atomic mass is 16.5. The standard InChI is InChI=1S/C11H18O2/c1-7(2)11-8(3)5-9(13-4)6-10(11)12/h7,9H,5-6H2,1-4H3. The van der Waals surface area contributed by atoms with Crippen molar-refractivity contribution in [3.05, 3.63) is 11.1 Å². The Morgan fingerprint density at radius 1 is 1.38 bits per heavy atom. The minimum absolute atomic E-state index is 0.106. The summed E-state index contributed by atoms with van der Waals surface area (Å²) in [7, 11) is 1.67. The van der Waals surface area contributed by atoms with Crippen LogP contribution in [0.1, 0.15) is 33.6 Å². The Balaban J connectivity index is 2.87. The first-order chi connectivity index (χ1) is 6.06. The fourth-order valence-corrected chi connectivity index (χ4v) is 2.06. The molecule has 0 aliphatic heterocycles. The van der Waals surface area contributed by atoms with E-state index in [-0.39, 0.29) is 11.9 Å². The SMILES string of the molecule is COC1CC(=O)C(C(C)C)=C(C)C1. The first-order valence-electron chi connectivity index (χ1n) is 4.82. The van der Waals surface area contributed by atoms with Crippen LogP contribution in [0.3, 0.4) is 0 Å². The molecule has 0 spiro atoms. The lowest BCUT2D eigenvalue weighted by atomic mass is 9.84. The third kappa shape index (κ3) is 2.19. The van der Waals surface area contributed by atoms with Crippen LogP contribution in [0.5, 0.6) is 0 Å². The summed E-state index contributed by atoms with van der Waals surface area (Å²) in [5.41, 5.74) is 2.23. The van der Waals surface area contributed by atoms with Gasteiger partial charge in [0.15, 0.2) is 5.78 Å². The van der Waals surface area contributed by atoms with Crippen molar-refractivity contribution in [3.8, 4) is 0 Å². The minimum atomic E-state index is 0.106. The maximum absolute atomic E-state index is 11.7. The predicted molar refractivity (Wildman–Crippen MR) is 52.6 cm³/mol. The van der Waals surface area contributed by atoms with Crippen molar-refractivity contribution in [1.82, 2.24) is 0 Å². The summed E-state index contributed by atoms with van der Waals surface area (Å²) in [4.78, 5) is 11.7. The summed E-state index contributed by atoms with van der Waals surface area (Å²) in [6.07, 6.45) is 1.58. The molecule has 0 saturated carbocycles. The number of ketones is 1. The summed E-state index contributed by atoms with van der Waals surface area (Å²) in [6, 6.07) is 0. The van der Waals surface area contributed by atoms with Gasteiger partial charge in [0, 0.05) is 13.5 Å². The maximum Gasteiger partial charge on any atom is 0.161 e. The Labute approximate surface area is 80.0 Å². The molecule has 0 aromatic carbocycles. The van der Waals surface area contributed by atoms with Gasteiger partial charge in [-0.25, -0.2) is 0 Å². The van der Waals surface area contributed by atoms with E-state index >= 15 is 0 Å². The summed E-state index contributed by atoms with van der Waals surface area (Å²) >= 11 is 0. The Bertz CT molecular complexity index is 238. The zero-order chi connectivity index (χ0) is 10.0. The molecule has 2 heteroatoms. The van der Waals surface area contributed by atoms with Gasteiger partial charge in [0.05, 0.1) is 6.10 Å². The first-order valence-corrected chi connectivity index (χ1v) is 4.82. The molecule has 0 fully saturated rings. The van der Waals surface area contributed by atoms with Crippen molar-refractivity contribution in [2.24, 2.45) is 5.92 Å². The molecule has 2 nitrogen and oxygen atoms in total. The van der Waals surface area contributed by atoms with Gasteiger partial charge in [-0.3, -0.25) is 4.79 Å². The van der Waals surface area contributed by atoms with Crippen molar-refractivity contribution in [1.29, 1.82) is 0 Å². The van der Waals surface area contributed by atoms with Crippen LogP contribution in [0.4, 0.5) is 0 Å². The lowest BCUT2D eigenvalue weighted by molar-refractivity contribution is -0.119. The molecule has 0 aromatic heterocycles. The van der Waals surface area contributed by atoms with Crippen LogP contribution in [-0.2, 0) is 9.53 Å². The number of Topliss-reactive ketones (excluding diaryl/α,β-unsaturated/α-hetero) is 1. The molecule has 0 aromatic rings. The maximum atomic E-state index is 11.7. The fraction of sp³-hybridized carbons (Fsp3) is 0.727. The van der Waals surface area contributed by atoms with Crippen molar-refractivity contribution < 1.29 is 9.53 Å². The largest absolute Gasteiger partial charge is 0.381 e. The summed E-state index contributed by atoms with van der Waals surface area (Å²) in [5.74, 6) is 0.621. The second-order valence-corrected chi connectivity index (χ2v) is 4.04. The summed E-state index contributed by atoms with van der Waals surface area (Å²) in [6.45, 7) is 6.19. The molecule has 0 heterocycles. The molecule has 0 radical (unpaired) electrons. The van der Waals surface area contributed by atoms with E-state index in [4.69, 9.17) is 4.74 Å². The van der Waals surface area contributed by atoms with E-state index < -0.39 is 0 Å². The molecule has 1 rings (SSSR count). The Morgan fingerprint density at radius 2 is 2.00 bits per heavy atom. The third-order valence-corrected chi connectivity index (χ3v) is 2.62. The molecular formula is C11H18O2. The zero-order valence-electron chi connectivity index (χ0n) is 8.89. The number of hydrogen-bond donors (Lipinski definition) is 0. The van der Waals surface area contributed by atoms with Crippen molar-refractivity contribution in [2.75, 3.05) is 7.11 Å². The van der Waals surface area contributed by atoms with Crippen molar-refractivity contribution >= 4 is 5.78 Å². The third-order valence-electron chi connectivity index (χ3n) is 2.62. The number of carbonyl (C=O) groups is 1. The van der Waals surface area contributed by atoms with E-state index in [0.717, 1.165) is 12.0 Å². The lowest BCUT2D eigenvalue weighted by Crippen LogP contribution is -2.26. The minimum Gasteiger partial charge on any atom is -0.381 e. The molecule has 0 saturated heterocycles. The summed E-state index contributed by atoms with van der Waals surface area (Å²) in [5, 5.41) is 0. The smallest absolute Gasteiger partial charge is 0.161 e. The fourth-order valence-electron chi connectivity index (χ4n) is 2.06. The van der Waals surface area contributed by atoms with Crippen LogP contribution in [0, 0.1) is 5.92 Å². The monoisotopic (exact) mass is 182 g/mol. The van der Waals surface area contributed by atoms with Crippen LogP contribution in [0.2, 0.25) is 0 Å². The topological polar surface area (TPSA) is 26.3 Å². The average Bonchev–Trinajstić information content (AvgIpc) is 2.02. The van der Waals surface area contributed by atoms with E-state index in [0.29, 0.717) is 12.3 Å². The molecule has 0 amide bonds. The number of rotatable bonds is 2. The van der Waals surface area contributed by atoms with Gasteiger partial charge in [0.1, 0.15) is 0 Å². The van der Waals surface area contributed by atoms with Gasteiger partial charge >= 0.3 is 0 Å². The molecule has 1 aliphatic carbocycles. The zero-order valence-corrected chi connectivity index (χ0v) is 8.89. The van der Waals surface area contributed by atoms with Crippen LogP contribution >= 0.6 is 0 Å². The van der Waals surface area contributed by atoms with E-state index in [1.54, 1.807) is 7.11 Å². The Hall–Kier alpha value is -0.630. The highest BCUT2D eigenvalue weighted by Crippen LogP contribution is 2.28. The van der Waals surface area contributed by atoms with Crippen LogP contribution in [-0.4, -0.2) is 19.0 Å². The van der Waals surface area contributed by atoms with Crippen LogP contribution < -0.4 is 0 Å². The van der Waals surface area contributed by atoms with E-state index in [1.807, 2.05) is 6.92 Å². The molecule has 0 bridgehead atoms. The number of hydrogen-bond acceptors (Lipinski definition) is 2. The number of methoxy groups -OCH3 is 1. The van der Waals surface area contributed by atoms with Gasteiger partial charge in [0.25, 0.3) is 0 Å².